The minimum Gasteiger partial charge on any atom is -0.369 e. The van der Waals surface area contributed by atoms with Gasteiger partial charge in [-0.2, -0.15) is 0 Å². The van der Waals surface area contributed by atoms with E-state index in [0.717, 1.165) is 37.1 Å². The summed E-state index contributed by atoms with van der Waals surface area (Å²) < 4.78 is 14.8. The van der Waals surface area contributed by atoms with E-state index >= 15 is 0 Å². The second kappa shape index (κ2) is 7.24. The molecule has 2 fully saturated rings. The molecular weight excluding hydrogens is 301 g/mol. The number of rotatable bonds is 5. The first-order valence-corrected chi connectivity index (χ1v) is 9.14. The molecule has 1 aliphatic carbocycles. The van der Waals surface area contributed by atoms with Gasteiger partial charge in [0, 0.05) is 19.1 Å². The van der Waals surface area contributed by atoms with Crippen LogP contribution in [0.1, 0.15) is 49.8 Å². The summed E-state index contributed by atoms with van der Waals surface area (Å²) in [6, 6.07) is 3.86. The van der Waals surface area contributed by atoms with Gasteiger partial charge in [0.05, 0.1) is 5.69 Å². The van der Waals surface area contributed by atoms with Crippen molar-refractivity contribution in [2.24, 2.45) is 11.7 Å². The summed E-state index contributed by atoms with van der Waals surface area (Å²) in [6.07, 6.45) is 9.09. The first-order valence-electron chi connectivity index (χ1n) is 9.14. The van der Waals surface area contributed by atoms with Crippen LogP contribution in [0.4, 0.5) is 10.1 Å². The Balaban J connectivity index is 1.87. The lowest BCUT2D eigenvalue weighted by Gasteiger charge is -2.36. The van der Waals surface area contributed by atoms with Gasteiger partial charge in [-0.15, -0.1) is 0 Å². The van der Waals surface area contributed by atoms with E-state index in [0.29, 0.717) is 17.6 Å². The zero-order valence-electron chi connectivity index (χ0n) is 15.1. The van der Waals surface area contributed by atoms with Gasteiger partial charge in [0.25, 0.3) is 0 Å². The molecular formula is C20H30FN3. The van der Waals surface area contributed by atoms with E-state index in [4.69, 9.17) is 5.73 Å². The molecule has 0 spiro atoms. The summed E-state index contributed by atoms with van der Waals surface area (Å²) in [4.78, 5) is 4.46. The molecule has 24 heavy (non-hydrogen) atoms. The molecule has 3 nitrogen and oxygen atoms in total. The Hall–Kier alpha value is -1.39. The lowest BCUT2D eigenvalue weighted by Crippen LogP contribution is -2.42. The van der Waals surface area contributed by atoms with Gasteiger partial charge < -0.3 is 15.5 Å². The predicted molar refractivity (Wildman–Crippen MR) is 99.7 cm³/mol. The third-order valence-corrected chi connectivity index (χ3v) is 5.43. The molecule has 1 aromatic rings. The summed E-state index contributed by atoms with van der Waals surface area (Å²) in [5.41, 5.74) is 8.73. The fraction of sp³-hybridized carbons (Fsp3) is 0.600. The van der Waals surface area contributed by atoms with Crippen molar-refractivity contribution >= 4 is 11.8 Å². The van der Waals surface area contributed by atoms with Crippen molar-refractivity contribution in [1.29, 1.82) is 0 Å². The number of allylic oxidation sites excluding steroid dienone is 1. The molecule has 1 atom stereocenters. The highest BCUT2D eigenvalue weighted by Crippen LogP contribution is 2.33. The number of likely N-dealkylation sites (tertiary alicyclic amines) is 1. The van der Waals surface area contributed by atoms with Crippen LogP contribution < -0.4 is 10.6 Å². The van der Waals surface area contributed by atoms with Crippen molar-refractivity contribution in [3.63, 3.8) is 0 Å². The van der Waals surface area contributed by atoms with Crippen molar-refractivity contribution < 1.29 is 4.39 Å². The highest BCUT2D eigenvalue weighted by atomic mass is 19.1. The Morgan fingerprint density at radius 2 is 1.92 bits per heavy atom. The van der Waals surface area contributed by atoms with Crippen LogP contribution in [0.5, 0.6) is 0 Å². The molecule has 132 valence electrons. The van der Waals surface area contributed by atoms with Crippen LogP contribution in [0.25, 0.3) is 6.08 Å². The Labute approximate surface area is 145 Å². The van der Waals surface area contributed by atoms with E-state index in [9.17, 15) is 4.39 Å². The fourth-order valence-electron chi connectivity index (χ4n) is 3.51. The normalized spacial score (nSPS) is 21.4. The number of hydrogen-bond donors (Lipinski definition) is 1. The molecule has 1 heterocycles. The molecule has 0 radical (unpaired) electrons. The third-order valence-electron chi connectivity index (χ3n) is 5.43. The van der Waals surface area contributed by atoms with Gasteiger partial charge in [-0.05, 0) is 81.9 Å². The average molecular weight is 331 g/mol. The van der Waals surface area contributed by atoms with E-state index in [1.54, 1.807) is 6.07 Å². The first kappa shape index (κ1) is 17.4. The maximum atomic E-state index is 14.8. The summed E-state index contributed by atoms with van der Waals surface area (Å²) in [6.45, 7) is 4.07. The van der Waals surface area contributed by atoms with Gasteiger partial charge in [0.1, 0.15) is 5.82 Å². The van der Waals surface area contributed by atoms with Crippen LogP contribution in [0.15, 0.2) is 18.2 Å². The van der Waals surface area contributed by atoms with E-state index in [-0.39, 0.29) is 11.9 Å². The largest absolute Gasteiger partial charge is 0.369 e. The SMILES string of the molecule is C[C@H](N)c1cc(F)c(N(C)C2CCN(C)CC2)cc1/C=C/C1CC1. The summed E-state index contributed by atoms with van der Waals surface area (Å²) in [7, 11) is 4.17. The highest BCUT2D eigenvalue weighted by Gasteiger charge is 2.24. The molecule has 3 rings (SSSR count). The number of nitrogens with two attached hydrogens (primary N) is 1. The smallest absolute Gasteiger partial charge is 0.146 e. The number of halogens is 1. The van der Waals surface area contributed by atoms with Crippen molar-refractivity contribution in [3.05, 3.63) is 35.2 Å². The molecule has 2 aliphatic rings. The molecule has 1 saturated heterocycles. The van der Waals surface area contributed by atoms with Crippen LogP contribution in [0, 0.1) is 11.7 Å². The minimum atomic E-state index is -0.166. The quantitative estimate of drug-likeness (QED) is 0.891. The molecule has 0 amide bonds. The first-order chi connectivity index (χ1) is 11.5. The average Bonchev–Trinajstić information content (AvgIpc) is 3.37. The number of nitrogens with zero attached hydrogens (tertiary/aromatic N) is 2. The summed E-state index contributed by atoms with van der Waals surface area (Å²) in [5, 5.41) is 0. The molecule has 2 N–H and O–H groups in total. The van der Waals surface area contributed by atoms with Crippen LogP contribution in [-0.4, -0.2) is 38.1 Å². The van der Waals surface area contributed by atoms with Gasteiger partial charge in [-0.25, -0.2) is 4.39 Å². The van der Waals surface area contributed by atoms with Crippen molar-refractivity contribution in [2.45, 2.75) is 44.7 Å². The lowest BCUT2D eigenvalue weighted by molar-refractivity contribution is 0.252. The highest BCUT2D eigenvalue weighted by molar-refractivity contribution is 5.63. The lowest BCUT2D eigenvalue weighted by atomic mass is 9.98. The number of benzene rings is 1. The zero-order chi connectivity index (χ0) is 17.3. The molecule has 0 aromatic heterocycles. The van der Waals surface area contributed by atoms with Crippen molar-refractivity contribution in [2.75, 3.05) is 32.1 Å². The van der Waals surface area contributed by atoms with Crippen LogP contribution in [-0.2, 0) is 0 Å². The summed E-state index contributed by atoms with van der Waals surface area (Å²) in [5.74, 6) is 0.540. The molecule has 1 aliphatic heterocycles. The Kier molecular flexibility index (Phi) is 5.26. The van der Waals surface area contributed by atoms with Gasteiger partial charge in [-0.3, -0.25) is 0 Å². The Bertz CT molecular complexity index is 599. The second-order valence-corrected chi connectivity index (χ2v) is 7.56. The fourth-order valence-corrected chi connectivity index (χ4v) is 3.51. The third kappa shape index (κ3) is 3.98. The van der Waals surface area contributed by atoms with E-state index in [2.05, 4.69) is 29.0 Å². The van der Waals surface area contributed by atoms with Gasteiger partial charge in [0.15, 0.2) is 0 Å². The molecule has 0 bridgehead atoms. The predicted octanol–water partition coefficient (Wildman–Crippen LogP) is 3.80. The topological polar surface area (TPSA) is 32.5 Å². The minimum absolute atomic E-state index is 0.160. The maximum Gasteiger partial charge on any atom is 0.146 e. The molecule has 1 aromatic carbocycles. The summed E-state index contributed by atoms with van der Waals surface area (Å²) >= 11 is 0. The van der Waals surface area contributed by atoms with E-state index in [1.165, 1.54) is 12.8 Å². The van der Waals surface area contributed by atoms with E-state index in [1.807, 2.05) is 20.0 Å². The van der Waals surface area contributed by atoms with Crippen LogP contribution in [0.2, 0.25) is 0 Å². The monoisotopic (exact) mass is 331 g/mol. The van der Waals surface area contributed by atoms with Gasteiger partial charge in [-0.1, -0.05) is 12.2 Å². The van der Waals surface area contributed by atoms with Gasteiger partial charge >= 0.3 is 0 Å². The number of hydrogen-bond acceptors (Lipinski definition) is 3. The number of piperidine rings is 1. The number of anilines is 1. The Morgan fingerprint density at radius 3 is 2.50 bits per heavy atom. The van der Waals surface area contributed by atoms with Crippen LogP contribution in [0.3, 0.4) is 0 Å². The van der Waals surface area contributed by atoms with E-state index < -0.39 is 0 Å². The molecule has 4 heteroatoms. The van der Waals surface area contributed by atoms with Crippen molar-refractivity contribution in [3.8, 4) is 0 Å². The van der Waals surface area contributed by atoms with Gasteiger partial charge in [0.2, 0.25) is 0 Å². The second-order valence-electron chi connectivity index (χ2n) is 7.56. The maximum absolute atomic E-state index is 14.8. The van der Waals surface area contributed by atoms with Crippen LogP contribution >= 0.6 is 0 Å². The zero-order valence-corrected chi connectivity index (χ0v) is 15.1. The molecule has 0 unspecified atom stereocenters. The van der Waals surface area contributed by atoms with Crippen molar-refractivity contribution in [1.82, 2.24) is 4.90 Å². The Morgan fingerprint density at radius 1 is 1.25 bits per heavy atom. The standard InChI is InChI=1S/C20H30FN3/c1-14(22)18-13-19(21)20(12-16(18)7-6-15-4-5-15)24(3)17-8-10-23(2)11-9-17/h6-7,12-15,17H,4-5,8-11,22H2,1-3H3/b7-6+/t14-/m0/s1. The molecule has 1 saturated carbocycles.